The Hall–Kier alpha value is -1.10. The van der Waals surface area contributed by atoms with Crippen molar-refractivity contribution in [3.63, 3.8) is 0 Å². The topological polar surface area (TPSA) is 49.9 Å². The summed E-state index contributed by atoms with van der Waals surface area (Å²) in [5.74, 6) is 0.155. The lowest BCUT2D eigenvalue weighted by Crippen LogP contribution is -2.36. The second-order valence-corrected chi connectivity index (χ2v) is 4.34. The second-order valence-electron chi connectivity index (χ2n) is 4.34. The predicted octanol–water partition coefficient (Wildman–Crippen LogP) is 0.494. The van der Waals surface area contributed by atoms with E-state index in [-0.39, 0.29) is 11.8 Å². The molecule has 1 heterocycles. The fourth-order valence-electron chi connectivity index (χ4n) is 1.98. The molecule has 1 saturated heterocycles. The van der Waals surface area contributed by atoms with Crippen LogP contribution in [0.4, 0.5) is 0 Å². The van der Waals surface area contributed by atoms with Gasteiger partial charge in [0.05, 0.1) is 6.61 Å². The molecule has 0 bridgehead atoms. The maximum atomic E-state index is 11.8. The Morgan fingerprint density at radius 1 is 1.24 bits per heavy atom. The van der Waals surface area contributed by atoms with E-state index in [2.05, 4.69) is 0 Å². The number of nitrogens with zero attached hydrogens (tertiary/aromatic N) is 2. The maximum absolute atomic E-state index is 11.8. The van der Waals surface area contributed by atoms with Crippen LogP contribution in [-0.2, 0) is 14.3 Å². The quantitative estimate of drug-likeness (QED) is 0.681. The van der Waals surface area contributed by atoms with Crippen LogP contribution in [0.5, 0.6) is 0 Å². The molecule has 98 valence electrons. The van der Waals surface area contributed by atoms with Crippen LogP contribution >= 0.6 is 0 Å². The average Bonchev–Trinajstić information content (AvgIpc) is 2.81. The summed E-state index contributed by atoms with van der Waals surface area (Å²) in [6.45, 7) is 4.83. The van der Waals surface area contributed by atoms with E-state index in [0.717, 1.165) is 25.9 Å². The molecule has 0 aromatic rings. The molecule has 0 atom stereocenters. The van der Waals surface area contributed by atoms with Gasteiger partial charge in [0.25, 0.3) is 0 Å². The Balaban J connectivity index is 2.29. The van der Waals surface area contributed by atoms with Crippen molar-refractivity contribution in [3.8, 4) is 0 Å². The molecule has 2 amide bonds. The van der Waals surface area contributed by atoms with Crippen LogP contribution in [0, 0.1) is 0 Å². The lowest BCUT2D eigenvalue weighted by molar-refractivity contribution is -0.133. The van der Waals surface area contributed by atoms with Crippen molar-refractivity contribution >= 4 is 11.8 Å². The number of carbonyl (C=O) groups excluding carboxylic acids is 2. The maximum Gasteiger partial charge on any atom is 0.224 e. The molecule has 0 unspecified atom stereocenters. The van der Waals surface area contributed by atoms with Crippen molar-refractivity contribution in [2.45, 2.75) is 26.2 Å². The standard InChI is InChI=1S/C12H22N2O3/c1-11(15)13(9-10-17-2)8-5-12(16)14-6-3-4-7-14/h3-10H2,1-2H3. The van der Waals surface area contributed by atoms with Gasteiger partial charge in [0, 0.05) is 46.6 Å². The molecule has 5 nitrogen and oxygen atoms in total. The van der Waals surface area contributed by atoms with Gasteiger partial charge in [0.1, 0.15) is 0 Å². The molecule has 1 rings (SSSR count). The number of hydrogen-bond donors (Lipinski definition) is 0. The summed E-state index contributed by atoms with van der Waals surface area (Å²) in [5, 5.41) is 0. The normalized spacial score (nSPS) is 15.1. The van der Waals surface area contributed by atoms with Crippen LogP contribution < -0.4 is 0 Å². The van der Waals surface area contributed by atoms with E-state index in [4.69, 9.17) is 4.74 Å². The molecular formula is C12H22N2O3. The van der Waals surface area contributed by atoms with Crippen LogP contribution in [0.3, 0.4) is 0 Å². The summed E-state index contributed by atoms with van der Waals surface area (Å²) in [5.41, 5.74) is 0. The van der Waals surface area contributed by atoms with Crippen LogP contribution in [0.15, 0.2) is 0 Å². The van der Waals surface area contributed by atoms with Crippen molar-refractivity contribution in [3.05, 3.63) is 0 Å². The highest BCUT2D eigenvalue weighted by molar-refractivity contribution is 5.78. The molecule has 0 saturated carbocycles. The first-order chi connectivity index (χ1) is 8.15. The molecule has 5 heteroatoms. The Kier molecular flexibility index (Phi) is 5.97. The zero-order valence-corrected chi connectivity index (χ0v) is 10.8. The Morgan fingerprint density at radius 2 is 1.88 bits per heavy atom. The summed E-state index contributed by atoms with van der Waals surface area (Å²) in [6.07, 6.45) is 2.63. The van der Waals surface area contributed by atoms with Crippen LogP contribution in [0.2, 0.25) is 0 Å². The number of rotatable bonds is 6. The van der Waals surface area contributed by atoms with Gasteiger partial charge >= 0.3 is 0 Å². The third kappa shape index (κ3) is 4.73. The molecular weight excluding hydrogens is 220 g/mol. The minimum atomic E-state index is -0.00345. The van der Waals surface area contributed by atoms with Crippen molar-refractivity contribution in [2.24, 2.45) is 0 Å². The van der Waals surface area contributed by atoms with Crippen molar-refractivity contribution < 1.29 is 14.3 Å². The molecule has 17 heavy (non-hydrogen) atoms. The molecule has 0 aromatic heterocycles. The van der Waals surface area contributed by atoms with Crippen molar-refractivity contribution in [2.75, 3.05) is 39.9 Å². The largest absolute Gasteiger partial charge is 0.383 e. The van der Waals surface area contributed by atoms with E-state index in [1.807, 2.05) is 4.90 Å². The van der Waals surface area contributed by atoms with Gasteiger partial charge < -0.3 is 14.5 Å². The molecule has 0 radical (unpaired) electrons. The zero-order chi connectivity index (χ0) is 12.7. The summed E-state index contributed by atoms with van der Waals surface area (Å²) >= 11 is 0. The zero-order valence-electron chi connectivity index (χ0n) is 10.8. The van der Waals surface area contributed by atoms with Gasteiger partial charge in [-0.1, -0.05) is 0 Å². The van der Waals surface area contributed by atoms with E-state index in [1.165, 1.54) is 6.92 Å². The Morgan fingerprint density at radius 3 is 2.41 bits per heavy atom. The highest BCUT2D eigenvalue weighted by Crippen LogP contribution is 2.09. The number of hydrogen-bond acceptors (Lipinski definition) is 3. The van der Waals surface area contributed by atoms with E-state index >= 15 is 0 Å². The highest BCUT2D eigenvalue weighted by Gasteiger charge is 2.19. The first-order valence-electron chi connectivity index (χ1n) is 6.17. The molecule has 0 spiro atoms. The smallest absolute Gasteiger partial charge is 0.224 e. The van der Waals surface area contributed by atoms with Crippen LogP contribution in [0.1, 0.15) is 26.2 Å². The number of methoxy groups -OCH3 is 1. The first kappa shape index (κ1) is 14.0. The van der Waals surface area contributed by atoms with Crippen molar-refractivity contribution in [1.82, 2.24) is 9.80 Å². The van der Waals surface area contributed by atoms with Crippen molar-refractivity contribution in [1.29, 1.82) is 0 Å². The lowest BCUT2D eigenvalue weighted by Gasteiger charge is -2.22. The minimum Gasteiger partial charge on any atom is -0.383 e. The van der Waals surface area contributed by atoms with Crippen LogP contribution in [0.25, 0.3) is 0 Å². The van der Waals surface area contributed by atoms with Gasteiger partial charge in [-0.25, -0.2) is 0 Å². The van der Waals surface area contributed by atoms with Crippen LogP contribution in [-0.4, -0.2) is 61.5 Å². The number of likely N-dealkylation sites (tertiary alicyclic amines) is 1. The lowest BCUT2D eigenvalue weighted by atomic mass is 10.3. The fourth-order valence-corrected chi connectivity index (χ4v) is 1.98. The highest BCUT2D eigenvalue weighted by atomic mass is 16.5. The third-order valence-electron chi connectivity index (χ3n) is 3.07. The van der Waals surface area contributed by atoms with E-state index in [1.54, 1.807) is 12.0 Å². The SMILES string of the molecule is COCCN(CCC(=O)N1CCCC1)C(C)=O. The third-order valence-corrected chi connectivity index (χ3v) is 3.07. The molecule has 0 aromatic carbocycles. The molecule has 0 N–H and O–H groups in total. The fraction of sp³-hybridized carbons (Fsp3) is 0.833. The van der Waals surface area contributed by atoms with E-state index in [0.29, 0.717) is 26.1 Å². The van der Waals surface area contributed by atoms with E-state index in [9.17, 15) is 9.59 Å². The van der Waals surface area contributed by atoms with Gasteiger partial charge in [-0.2, -0.15) is 0 Å². The predicted molar refractivity (Wildman–Crippen MR) is 64.6 cm³/mol. The Bertz CT molecular complexity index is 262. The summed E-state index contributed by atoms with van der Waals surface area (Å²) in [7, 11) is 1.60. The Labute approximate surface area is 103 Å². The molecule has 1 fully saturated rings. The second kappa shape index (κ2) is 7.27. The number of ether oxygens (including phenoxy) is 1. The monoisotopic (exact) mass is 242 g/mol. The molecule has 1 aliphatic heterocycles. The van der Waals surface area contributed by atoms with Gasteiger partial charge in [-0.05, 0) is 12.8 Å². The summed E-state index contributed by atoms with van der Waals surface area (Å²) < 4.78 is 4.94. The van der Waals surface area contributed by atoms with Gasteiger partial charge in [-0.15, -0.1) is 0 Å². The molecule has 1 aliphatic rings. The summed E-state index contributed by atoms with van der Waals surface area (Å²) in [4.78, 5) is 26.7. The number of amides is 2. The van der Waals surface area contributed by atoms with E-state index < -0.39 is 0 Å². The molecule has 0 aliphatic carbocycles. The average molecular weight is 242 g/mol. The van der Waals surface area contributed by atoms with Gasteiger partial charge in [0.15, 0.2) is 0 Å². The van der Waals surface area contributed by atoms with Gasteiger partial charge in [0.2, 0.25) is 11.8 Å². The summed E-state index contributed by atoms with van der Waals surface area (Å²) in [6, 6.07) is 0. The number of carbonyl (C=O) groups is 2. The van der Waals surface area contributed by atoms with Gasteiger partial charge in [-0.3, -0.25) is 9.59 Å². The first-order valence-corrected chi connectivity index (χ1v) is 6.17. The minimum absolute atomic E-state index is 0.00345.